The second kappa shape index (κ2) is 9.48. The van der Waals surface area contributed by atoms with Gasteiger partial charge in [-0.2, -0.15) is 5.10 Å². The highest BCUT2D eigenvalue weighted by atomic mass is 19.2. The van der Waals surface area contributed by atoms with Crippen LogP contribution in [0.2, 0.25) is 0 Å². The molecule has 0 spiro atoms. The number of likely N-dealkylation sites (tertiary alicyclic amines) is 1. The summed E-state index contributed by atoms with van der Waals surface area (Å²) >= 11 is 0. The lowest BCUT2D eigenvalue weighted by Gasteiger charge is -2.35. The summed E-state index contributed by atoms with van der Waals surface area (Å²) in [6, 6.07) is 8.53. The second-order valence-electron chi connectivity index (χ2n) is 8.06. The van der Waals surface area contributed by atoms with Crippen LogP contribution in [0.25, 0.3) is 11.1 Å². The van der Waals surface area contributed by atoms with Crippen LogP contribution in [0.4, 0.5) is 13.2 Å². The van der Waals surface area contributed by atoms with E-state index in [1.54, 1.807) is 30.3 Å². The van der Waals surface area contributed by atoms with Crippen molar-refractivity contribution in [3.05, 3.63) is 77.4 Å². The maximum atomic E-state index is 13.5. The number of rotatable bonds is 5. The fourth-order valence-corrected chi connectivity index (χ4v) is 4.05. The Morgan fingerprint density at radius 2 is 1.82 bits per heavy atom. The lowest BCUT2D eigenvalue weighted by molar-refractivity contribution is 0.0596. The molecule has 1 saturated heterocycles. The van der Waals surface area contributed by atoms with Gasteiger partial charge in [-0.1, -0.05) is 12.1 Å². The van der Waals surface area contributed by atoms with Crippen molar-refractivity contribution < 1.29 is 22.8 Å². The average molecular weight is 456 g/mol. The van der Waals surface area contributed by atoms with Gasteiger partial charge in [0.2, 0.25) is 0 Å². The molecular weight excluding hydrogens is 433 g/mol. The third-order valence-corrected chi connectivity index (χ3v) is 5.75. The second-order valence-corrected chi connectivity index (χ2v) is 8.06. The SMILES string of the molecule is Cn1cc(-c2ccc(F)cc2)c(C(=O)N2CCCCC2CNC(=O)c2ccc(F)c(F)c2)n1. The molecule has 6 nitrogen and oxygen atoms in total. The van der Waals surface area contributed by atoms with Crippen molar-refractivity contribution in [3.8, 4) is 11.1 Å². The molecule has 172 valence electrons. The van der Waals surface area contributed by atoms with E-state index in [2.05, 4.69) is 10.4 Å². The highest BCUT2D eigenvalue weighted by molar-refractivity contribution is 5.99. The molecule has 1 aliphatic rings. The molecule has 1 N–H and O–H groups in total. The third-order valence-electron chi connectivity index (χ3n) is 5.75. The third kappa shape index (κ3) is 4.92. The van der Waals surface area contributed by atoms with E-state index in [1.165, 1.54) is 22.9 Å². The van der Waals surface area contributed by atoms with Gasteiger partial charge < -0.3 is 10.2 Å². The number of hydrogen-bond acceptors (Lipinski definition) is 3. The van der Waals surface area contributed by atoms with Gasteiger partial charge in [-0.25, -0.2) is 13.2 Å². The standard InChI is InChI=1S/C24H23F3N4O2/c1-30-14-19(15-5-8-17(25)9-6-15)22(29-30)24(33)31-11-3-2-4-18(31)13-28-23(32)16-7-10-20(26)21(27)12-16/h5-10,12,14,18H,2-4,11,13H2,1H3,(H,28,32). The number of carbonyl (C=O) groups is 2. The molecule has 0 saturated carbocycles. The number of aromatic nitrogens is 2. The quantitative estimate of drug-likeness (QED) is 0.633. The van der Waals surface area contributed by atoms with Crippen molar-refractivity contribution in [2.24, 2.45) is 7.05 Å². The van der Waals surface area contributed by atoms with Crippen LogP contribution in [-0.2, 0) is 7.05 Å². The van der Waals surface area contributed by atoms with E-state index in [0.29, 0.717) is 24.1 Å². The first-order valence-electron chi connectivity index (χ1n) is 10.7. The summed E-state index contributed by atoms with van der Waals surface area (Å²) in [5, 5.41) is 7.07. The Labute approximate surface area is 189 Å². The topological polar surface area (TPSA) is 67.2 Å². The Hall–Kier alpha value is -3.62. The summed E-state index contributed by atoms with van der Waals surface area (Å²) in [6.45, 7) is 0.673. The molecular formula is C24H23F3N4O2. The van der Waals surface area contributed by atoms with Gasteiger partial charge in [0.05, 0.1) is 0 Å². The van der Waals surface area contributed by atoms with Crippen LogP contribution in [0, 0.1) is 17.5 Å². The van der Waals surface area contributed by atoms with Gasteiger partial charge in [-0.15, -0.1) is 0 Å². The number of nitrogens with zero attached hydrogens (tertiary/aromatic N) is 3. The Morgan fingerprint density at radius 3 is 2.55 bits per heavy atom. The smallest absolute Gasteiger partial charge is 0.275 e. The van der Waals surface area contributed by atoms with E-state index in [4.69, 9.17) is 0 Å². The first-order chi connectivity index (χ1) is 15.8. The minimum absolute atomic E-state index is 0.00547. The average Bonchev–Trinajstić information content (AvgIpc) is 3.21. The van der Waals surface area contributed by atoms with E-state index >= 15 is 0 Å². The van der Waals surface area contributed by atoms with Crippen molar-refractivity contribution in [3.63, 3.8) is 0 Å². The summed E-state index contributed by atoms with van der Waals surface area (Å²) in [7, 11) is 1.71. The van der Waals surface area contributed by atoms with Gasteiger partial charge in [0.15, 0.2) is 17.3 Å². The highest BCUT2D eigenvalue weighted by Gasteiger charge is 2.31. The molecule has 1 aliphatic heterocycles. The molecule has 2 amide bonds. The van der Waals surface area contributed by atoms with Crippen LogP contribution in [0.5, 0.6) is 0 Å². The number of amides is 2. The Kier molecular flexibility index (Phi) is 6.48. The molecule has 0 bridgehead atoms. The van der Waals surface area contributed by atoms with Crippen LogP contribution >= 0.6 is 0 Å². The zero-order valence-electron chi connectivity index (χ0n) is 18.0. The molecule has 33 heavy (non-hydrogen) atoms. The summed E-state index contributed by atoms with van der Waals surface area (Å²) in [5.41, 5.74) is 1.53. The van der Waals surface area contributed by atoms with Crippen molar-refractivity contribution in [2.45, 2.75) is 25.3 Å². The summed E-state index contributed by atoms with van der Waals surface area (Å²) in [5.74, 6) is -3.31. The molecule has 2 heterocycles. The Bertz CT molecular complexity index is 1180. The number of carbonyl (C=O) groups excluding carboxylic acids is 2. The van der Waals surface area contributed by atoms with Crippen molar-refractivity contribution >= 4 is 11.8 Å². The number of benzene rings is 2. The van der Waals surface area contributed by atoms with Crippen molar-refractivity contribution in [2.75, 3.05) is 13.1 Å². The van der Waals surface area contributed by atoms with Crippen LogP contribution < -0.4 is 5.32 Å². The number of halogens is 3. The van der Waals surface area contributed by atoms with Crippen molar-refractivity contribution in [1.82, 2.24) is 20.0 Å². The van der Waals surface area contributed by atoms with Crippen LogP contribution in [0.3, 0.4) is 0 Å². The molecule has 2 aromatic carbocycles. The van der Waals surface area contributed by atoms with Gasteiger partial charge in [-0.3, -0.25) is 14.3 Å². The number of hydrogen-bond donors (Lipinski definition) is 1. The van der Waals surface area contributed by atoms with Crippen LogP contribution in [0.1, 0.15) is 40.1 Å². The van der Waals surface area contributed by atoms with Crippen molar-refractivity contribution in [1.29, 1.82) is 0 Å². The fourth-order valence-electron chi connectivity index (χ4n) is 4.05. The number of nitrogens with one attached hydrogen (secondary N) is 1. The summed E-state index contributed by atoms with van der Waals surface area (Å²) in [4.78, 5) is 27.6. The fraction of sp³-hybridized carbons (Fsp3) is 0.292. The van der Waals surface area contributed by atoms with Gasteiger partial charge >= 0.3 is 0 Å². The van der Waals surface area contributed by atoms with Gasteiger partial charge in [0.1, 0.15) is 5.82 Å². The lowest BCUT2D eigenvalue weighted by atomic mass is 9.99. The monoisotopic (exact) mass is 456 g/mol. The van der Waals surface area contributed by atoms with Gasteiger partial charge in [0.25, 0.3) is 11.8 Å². The lowest BCUT2D eigenvalue weighted by Crippen LogP contribution is -2.49. The van der Waals surface area contributed by atoms with E-state index < -0.39 is 17.5 Å². The molecule has 1 fully saturated rings. The normalized spacial score (nSPS) is 16.0. The zero-order chi connectivity index (χ0) is 23.5. The maximum absolute atomic E-state index is 13.5. The van der Waals surface area contributed by atoms with E-state index in [1.807, 2.05) is 0 Å². The first-order valence-corrected chi connectivity index (χ1v) is 10.7. The molecule has 4 rings (SSSR count). The molecule has 1 unspecified atom stereocenters. The largest absolute Gasteiger partial charge is 0.350 e. The number of piperidine rings is 1. The zero-order valence-corrected chi connectivity index (χ0v) is 18.0. The van der Waals surface area contributed by atoms with Gasteiger partial charge in [-0.05, 0) is 55.2 Å². The molecule has 1 aromatic heterocycles. The van der Waals surface area contributed by atoms with Crippen LogP contribution in [0.15, 0.2) is 48.7 Å². The Morgan fingerprint density at radius 1 is 1.06 bits per heavy atom. The number of aryl methyl sites for hydroxylation is 1. The molecule has 1 atom stereocenters. The maximum Gasteiger partial charge on any atom is 0.275 e. The van der Waals surface area contributed by atoms with Gasteiger partial charge in [0, 0.05) is 43.5 Å². The molecule has 0 radical (unpaired) electrons. The van der Waals surface area contributed by atoms with E-state index in [-0.39, 0.29) is 35.6 Å². The Balaban J connectivity index is 1.51. The highest BCUT2D eigenvalue weighted by Crippen LogP contribution is 2.27. The van der Waals surface area contributed by atoms with Crippen LogP contribution in [-0.4, -0.2) is 45.6 Å². The summed E-state index contributed by atoms with van der Waals surface area (Å²) in [6.07, 6.45) is 4.10. The minimum Gasteiger partial charge on any atom is -0.350 e. The predicted octanol–water partition coefficient (Wildman–Crippen LogP) is 3.93. The minimum atomic E-state index is -1.10. The first kappa shape index (κ1) is 22.6. The van der Waals surface area contributed by atoms with E-state index in [0.717, 1.165) is 25.0 Å². The molecule has 3 aromatic rings. The summed E-state index contributed by atoms with van der Waals surface area (Å²) < 4.78 is 41.5. The van der Waals surface area contributed by atoms with E-state index in [9.17, 15) is 22.8 Å². The molecule has 9 heteroatoms. The predicted molar refractivity (Wildman–Crippen MR) is 116 cm³/mol. The molecule has 0 aliphatic carbocycles.